The summed E-state index contributed by atoms with van der Waals surface area (Å²) >= 11 is 2.94. The van der Waals surface area contributed by atoms with Gasteiger partial charge in [0.15, 0.2) is 4.80 Å². The van der Waals surface area contributed by atoms with Gasteiger partial charge in [0.05, 0.1) is 35.6 Å². The number of anilines is 1. The smallest absolute Gasteiger partial charge is 0.338 e. The molecule has 1 aromatic heterocycles. The van der Waals surface area contributed by atoms with Crippen molar-refractivity contribution in [3.8, 4) is 5.75 Å². The van der Waals surface area contributed by atoms with Crippen molar-refractivity contribution in [2.45, 2.75) is 38.6 Å². The van der Waals surface area contributed by atoms with Crippen LogP contribution in [0.25, 0.3) is 6.08 Å². The van der Waals surface area contributed by atoms with Crippen LogP contribution in [0, 0.1) is 0 Å². The Balaban J connectivity index is 1.89. The summed E-state index contributed by atoms with van der Waals surface area (Å²) in [5.41, 5.74) is 3.41. The standard InChI is InChI=1S/C29H33N3O4S2/c1-7-31(8-2)21-13-10-20(23(17-21)35-5)16-24-27(33)32-26(19-11-14-22(37-6)15-12-19)25(28(34)36-9-3)18(4)30-29(32)38-24/h10-17,26H,7-9H2,1-6H3. The Labute approximate surface area is 231 Å². The number of hydrogen-bond donors (Lipinski definition) is 0. The number of thiazole rings is 1. The average Bonchev–Trinajstić information content (AvgIpc) is 3.23. The molecule has 1 aliphatic rings. The van der Waals surface area contributed by atoms with Crippen molar-refractivity contribution in [1.82, 2.24) is 4.57 Å². The third kappa shape index (κ3) is 5.31. The number of carbonyl (C=O) groups is 1. The lowest BCUT2D eigenvalue weighted by molar-refractivity contribution is -0.139. The van der Waals surface area contributed by atoms with Gasteiger partial charge >= 0.3 is 5.97 Å². The highest BCUT2D eigenvalue weighted by molar-refractivity contribution is 7.98. The summed E-state index contributed by atoms with van der Waals surface area (Å²) in [4.78, 5) is 35.5. The number of benzene rings is 2. The third-order valence-electron chi connectivity index (χ3n) is 6.58. The first kappa shape index (κ1) is 27.7. The molecule has 1 atom stereocenters. The minimum absolute atomic E-state index is 0.211. The Hall–Kier alpha value is -3.30. The van der Waals surface area contributed by atoms with E-state index >= 15 is 0 Å². The first-order valence-corrected chi connectivity index (χ1v) is 14.7. The van der Waals surface area contributed by atoms with Gasteiger partial charge in [0.2, 0.25) is 0 Å². The van der Waals surface area contributed by atoms with Gasteiger partial charge in [0.1, 0.15) is 5.75 Å². The quantitative estimate of drug-likeness (QED) is 0.290. The molecule has 9 heteroatoms. The number of carbonyl (C=O) groups excluding carboxylic acids is 1. The van der Waals surface area contributed by atoms with Gasteiger partial charge in [-0.1, -0.05) is 23.5 Å². The summed E-state index contributed by atoms with van der Waals surface area (Å²) in [7, 11) is 1.63. The first-order valence-electron chi connectivity index (χ1n) is 12.6. The van der Waals surface area contributed by atoms with Crippen LogP contribution in [0.3, 0.4) is 0 Å². The molecule has 4 rings (SSSR count). The van der Waals surface area contributed by atoms with Crippen molar-refractivity contribution in [2.75, 3.05) is 38.0 Å². The summed E-state index contributed by atoms with van der Waals surface area (Å²) in [5.74, 6) is 0.225. The molecule has 7 nitrogen and oxygen atoms in total. The molecule has 200 valence electrons. The molecule has 0 saturated heterocycles. The average molecular weight is 552 g/mol. The number of rotatable bonds is 9. The number of nitrogens with zero attached hydrogens (tertiary/aromatic N) is 3. The molecule has 3 aromatic rings. The summed E-state index contributed by atoms with van der Waals surface area (Å²) in [6.45, 7) is 9.80. The molecular formula is C29H33N3O4S2. The molecule has 0 N–H and O–H groups in total. The molecule has 0 radical (unpaired) electrons. The van der Waals surface area contributed by atoms with Crippen molar-refractivity contribution < 1.29 is 14.3 Å². The number of methoxy groups -OCH3 is 1. The van der Waals surface area contributed by atoms with Crippen LogP contribution in [-0.2, 0) is 9.53 Å². The molecule has 0 bridgehead atoms. The highest BCUT2D eigenvalue weighted by Gasteiger charge is 2.33. The topological polar surface area (TPSA) is 73.1 Å². The lowest BCUT2D eigenvalue weighted by Crippen LogP contribution is -2.39. The zero-order valence-electron chi connectivity index (χ0n) is 22.6. The number of thioether (sulfide) groups is 1. The minimum atomic E-state index is -0.629. The van der Waals surface area contributed by atoms with Gasteiger partial charge in [0, 0.05) is 35.3 Å². The van der Waals surface area contributed by atoms with Crippen LogP contribution >= 0.6 is 23.1 Å². The maximum absolute atomic E-state index is 13.9. The predicted molar refractivity (Wildman–Crippen MR) is 155 cm³/mol. The van der Waals surface area contributed by atoms with Crippen LogP contribution in [0.1, 0.15) is 44.9 Å². The predicted octanol–water partition coefficient (Wildman–Crippen LogP) is 4.38. The van der Waals surface area contributed by atoms with Gasteiger partial charge in [-0.2, -0.15) is 0 Å². The largest absolute Gasteiger partial charge is 0.496 e. The van der Waals surface area contributed by atoms with Crippen LogP contribution in [-0.4, -0.2) is 43.6 Å². The molecule has 1 aliphatic heterocycles. The summed E-state index contributed by atoms with van der Waals surface area (Å²) in [6.07, 6.45) is 3.85. The van der Waals surface area contributed by atoms with Gasteiger partial charge in [0.25, 0.3) is 5.56 Å². The number of aromatic nitrogens is 1. The lowest BCUT2D eigenvalue weighted by Gasteiger charge is -2.24. The molecule has 0 saturated carbocycles. The fourth-order valence-corrected chi connectivity index (χ4v) is 6.08. The van der Waals surface area contributed by atoms with E-state index < -0.39 is 12.0 Å². The Morgan fingerprint density at radius 3 is 2.47 bits per heavy atom. The summed E-state index contributed by atoms with van der Waals surface area (Å²) < 4.78 is 13.2. The van der Waals surface area contributed by atoms with E-state index in [0.29, 0.717) is 26.4 Å². The molecule has 1 unspecified atom stereocenters. The van der Waals surface area contributed by atoms with Gasteiger partial charge in [-0.05, 0) is 69.9 Å². The van der Waals surface area contributed by atoms with E-state index in [1.807, 2.05) is 54.8 Å². The second-order valence-corrected chi connectivity index (χ2v) is 10.6. The van der Waals surface area contributed by atoms with E-state index in [1.165, 1.54) is 11.3 Å². The normalized spacial score (nSPS) is 15.2. The molecule has 0 fully saturated rings. The summed E-state index contributed by atoms with van der Waals surface area (Å²) in [6, 6.07) is 13.3. The maximum Gasteiger partial charge on any atom is 0.338 e. The van der Waals surface area contributed by atoms with E-state index in [4.69, 9.17) is 9.47 Å². The monoisotopic (exact) mass is 551 g/mol. The van der Waals surface area contributed by atoms with E-state index in [0.717, 1.165) is 34.8 Å². The van der Waals surface area contributed by atoms with Crippen molar-refractivity contribution in [1.29, 1.82) is 0 Å². The highest BCUT2D eigenvalue weighted by atomic mass is 32.2. The van der Waals surface area contributed by atoms with Gasteiger partial charge in [-0.25, -0.2) is 9.79 Å². The Morgan fingerprint density at radius 2 is 1.87 bits per heavy atom. The van der Waals surface area contributed by atoms with Gasteiger partial charge < -0.3 is 14.4 Å². The number of ether oxygens (including phenoxy) is 2. The van der Waals surface area contributed by atoms with Crippen molar-refractivity contribution in [2.24, 2.45) is 4.99 Å². The molecule has 0 spiro atoms. The minimum Gasteiger partial charge on any atom is -0.496 e. The summed E-state index contributed by atoms with van der Waals surface area (Å²) in [5, 5.41) is 0. The highest BCUT2D eigenvalue weighted by Crippen LogP contribution is 2.32. The Morgan fingerprint density at radius 1 is 1.16 bits per heavy atom. The number of allylic oxidation sites excluding steroid dienone is 1. The molecular weight excluding hydrogens is 518 g/mol. The molecule has 0 aliphatic carbocycles. The van der Waals surface area contributed by atoms with Crippen LogP contribution in [0.15, 0.2) is 68.4 Å². The van der Waals surface area contributed by atoms with E-state index in [1.54, 1.807) is 37.3 Å². The molecule has 2 aromatic carbocycles. The second-order valence-electron chi connectivity index (χ2n) is 8.67. The van der Waals surface area contributed by atoms with E-state index in [-0.39, 0.29) is 12.2 Å². The SMILES string of the molecule is CCOC(=O)C1=C(C)N=c2sc(=Cc3ccc(N(CC)CC)cc3OC)c(=O)n2C1c1ccc(SC)cc1. The van der Waals surface area contributed by atoms with Crippen molar-refractivity contribution in [3.63, 3.8) is 0 Å². The van der Waals surface area contributed by atoms with E-state index in [2.05, 4.69) is 23.7 Å². The zero-order valence-corrected chi connectivity index (χ0v) is 24.2. The van der Waals surface area contributed by atoms with Gasteiger partial charge in [-0.15, -0.1) is 11.8 Å². The fraction of sp³-hybridized carbons (Fsp3) is 0.345. The first-order chi connectivity index (χ1) is 18.4. The second kappa shape index (κ2) is 12.0. The van der Waals surface area contributed by atoms with Crippen molar-refractivity contribution >= 4 is 40.8 Å². The van der Waals surface area contributed by atoms with Crippen molar-refractivity contribution in [3.05, 3.63) is 84.5 Å². The number of esters is 1. The van der Waals surface area contributed by atoms with Gasteiger partial charge in [-0.3, -0.25) is 9.36 Å². The maximum atomic E-state index is 13.9. The molecule has 0 amide bonds. The van der Waals surface area contributed by atoms with Crippen LogP contribution in [0.4, 0.5) is 5.69 Å². The Kier molecular flexibility index (Phi) is 8.79. The van der Waals surface area contributed by atoms with Crippen LogP contribution in [0.2, 0.25) is 0 Å². The Bertz CT molecular complexity index is 1530. The van der Waals surface area contributed by atoms with Crippen LogP contribution < -0.4 is 24.5 Å². The van der Waals surface area contributed by atoms with E-state index in [9.17, 15) is 9.59 Å². The number of fused-ring (bicyclic) bond motifs is 1. The zero-order chi connectivity index (χ0) is 27.4. The molecule has 38 heavy (non-hydrogen) atoms. The fourth-order valence-electron chi connectivity index (χ4n) is 4.64. The van der Waals surface area contributed by atoms with Crippen LogP contribution in [0.5, 0.6) is 5.75 Å². The molecule has 2 heterocycles. The lowest BCUT2D eigenvalue weighted by atomic mass is 9.96. The number of hydrogen-bond acceptors (Lipinski definition) is 8. The third-order valence-corrected chi connectivity index (χ3v) is 8.31.